The molecule has 0 radical (unpaired) electrons. The van der Waals surface area contributed by atoms with Crippen LogP contribution in [0.2, 0.25) is 0 Å². The van der Waals surface area contributed by atoms with Gasteiger partial charge in [-0.2, -0.15) is 4.98 Å². The van der Waals surface area contributed by atoms with Gasteiger partial charge in [-0.1, -0.05) is 12.8 Å². The number of aromatic nitrogens is 2. The SMILES string of the molecule is O=c1[nH]c(N2CCCCCC2)nc(O)c1I. The van der Waals surface area contributed by atoms with Crippen LogP contribution in [-0.2, 0) is 0 Å². The molecular weight excluding hydrogens is 321 g/mol. The van der Waals surface area contributed by atoms with Crippen LogP contribution in [0, 0.1) is 3.57 Å². The van der Waals surface area contributed by atoms with E-state index in [0.29, 0.717) is 5.95 Å². The number of nitrogens with one attached hydrogen (secondary N) is 1. The molecule has 0 unspecified atom stereocenters. The van der Waals surface area contributed by atoms with Crippen LogP contribution in [0.3, 0.4) is 0 Å². The molecule has 1 aromatic heterocycles. The lowest BCUT2D eigenvalue weighted by Crippen LogP contribution is -2.28. The van der Waals surface area contributed by atoms with Gasteiger partial charge >= 0.3 is 0 Å². The van der Waals surface area contributed by atoms with Gasteiger partial charge in [0.15, 0.2) is 0 Å². The summed E-state index contributed by atoms with van der Waals surface area (Å²) in [6, 6.07) is 0. The average Bonchev–Trinajstić information content (AvgIpc) is 2.53. The molecule has 6 heteroatoms. The van der Waals surface area contributed by atoms with Crippen LogP contribution in [-0.4, -0.2) is 28.2 Å². The summed E-state index contributed by atoms with van der Waals surface area (Å²) in [6.45, 7) is 1.78. The molecule has 2 heterocycles. The van der Waals surface area contributed by atoms with E-state index in [1.54, 1.807) is 22.6 Å². The highest BCUT2D eigenvalue weighted by molar-refractivity contribution is 14.1. The molecule has 1 saturated heterocycles. The van der Waals surface area contributed by atoms with Gasteiger partial charge in [-0.15, -0.1) is 0 Å². The molecule has 16 heavy (non-hydrogen) atoms. The fourth-order valence-corrected chi connectivity index (χ4v) is 2.12. The lowest BCUT2D eigenvalue weighted by Gasteiger charge is -2.20. The lowest BCUT2D eigenvalue weighted by atomic mass is 10.2. The molecule has 0 saturated carbocycles. The Morgan fingerprint density at radius 3 is 2.44 bits per heavy atom. The number of aromatic amines is 1. The molecule has 1 aliphatic rings. The highest BCUT2D eigenvalue weighted by Gasteiger charge is 2.14. The molecule has 2 rings (SSSR count). The van der Waals surface area contributed by atoms with Gasteiger partial charge in [0.25, 0.3) is 5.56 Å². The van der Waals surface area contributed by atoms with Crippen molar-refractivity contribution in [2.75, 3.05) is 18.0 Å². The molecule has 1 fully saturated rings. The summed E-state index contributed by atoms with van der Waals surface area (Å²) < 4.78 is 0.246. The summed E-state index contributed by atoms with van der Waals surface area (Å²) in [7, 11) is 0. The number of nitrogens with zero attached hydrogens (tertiary/aromatic N) is 2. The second kappa shape index (κ2) is 5.03. The van der Waals surface area contributed by atoms with Crippen molar-refractivity contribution in [2.24, 2.45) is 0 Å². The molecule has 0 aliphatic carbocycles. The van der Waals surface area contributed by atoms with Crippen molar-refractivity contribution < 1.29 is 5.11 Å². The number of halogens is 1. The van der Waals surface area contributed by atoms with Crippen LogP contribution in [0.15, 0.2) is 4.79 Å². The molecule has 0 aromatic carbocycles. The fraction of sp³-hybridized carbons (Fsp3) is 0.600. The predicted molar refractivity (Wildman–Crippen MR) is 69.9 cm³/mol. The van der Waals surface area contributed by atoms with Crippen molar-refractivity contribution in [1.29, 1.82) is 0 Å². The Kier molecular flexibility index (Phi) is 3.67. The first-order valence-electron chi connectivity index (χ1n) is 5.42. The fourth-order valence-electron chi connectivity index (χ4n) is 1.87. The highest BCUT2D eigenvalue weighted by Crippen LogP contribution is 2.18. The number of anilines is 1. The number of hydrogen-bond donors (Lipinski definition) is 2. The molecule has 1 aromatic rings. The van der Waals surface area contributed by atoms with Crippen LogP contribution in [0.4, 0.5) is 5.95 Å². The summed E-state index contributed by atoms with van der Waals surface area (Å²) in [5.41, 5.74) is -0.271. The van der Waals surface area contributed by atoms with Crippen LogP contribution >= 0.6 is 22.6 Å². The maximum atomic E-state index is 11.5. The van der Waals surface area contributed by atoms with Crippen LogP contribution in [0.1, 0.15) is 25.7 Å². The molecule has 2 N–H and O–H groups in total. The van der Waals surface area contributed by atoms with Gasteiger partial charge in [0.2, 0.25) is 11.8 Å². The first-order valence-corrected chi connectivity index (χ1v) is 6.50. The van der Waals surface area contributed by atoms with Crippen molar-refractivity contribution in [1.82, 2.24) is 9.97 Å². The van der Waals surface area contributed by atoms with Gasteiger partial charge in [-0.25, -0.2) is 0 Å². The second-order valence-electron chi connectivity index (χ2n) is 3.93. The zero-order chi connectivity index (χ0) is 11.5. The van der Waals surface area contributed by atoms with E-state index in [9.17, 15) is 9.90 Å². The third kappa shape index (κ3) is 2.47. The van der Waals surface area contributed by atoms with E-state index in [4.69, 9.17) is 0 Å². The minimum Gasteiger partial charge on any atom is -0.492 e. The molecule has 0 amide bonds. The number of aromatic hydroxyl groups is 1. The Balaban J connectivity index is 2.28. The molecule has 0 spiro atoms. The molecule has 5 nitrogen and oxygen atoms in total. The summed E-state index contributed by atoms with van der Waals surface area (Å²) in [4.78, 5) is 20.3. The van der Waals surface area contributed by atoms with Crippen LogP contribution in [0.5, 0.6) is 5.88 Å². The van der Waals surface area contributed by atoms with Gasteiger partial charge in [-0.3, -0.25) is 9.78 Å². The van der Waals surface area contributed by atoms with Gasteiger partial charge in [0.1, 0.15) is 3.57 Å². The zero-order valence-corrected chi connectivity index (χ0v) is 11.0. The quantitative estimate of drug-likeness (QED) is 0.763. The summed E-state index contributed by atoms with van der Waals surface area (Å²) in [5, 5.41) is 9.52. The average molecular weight is 335 g/mol. The monoisotopic (exact) mass is 335 g/mol. The van der Waals surface area contributed by atoms with Gasteiger partial charge in [-0.05, 0) is 35.4 Å². The van der Waals surface area contributed by atoms with E-state index in [0.717, 1.165) is 25.9 Å². The first-order chi connectivity index (χ1) is 7.68. The van der Waals surface area contributed by atoms with E-state index in [-0.39, 0.29) is 15.0 Å². The van der Waals surface area contributed by atoms with E-state index in [1.165, 1.54) is 12.8 Å². The molecule has 1 aliphatic heterocycles. The number of rotatable bonds is 1. The Bertz CT molecular complexity index is 425. The topological polar surface area (TPSA) is 69.2 Å². The zero-order valence-electron chi connectivity index (χ0n) is 8.87. The van der Waals surface area contributed by atoms with Crippen LogP contribution in [0.25, 0.3) is 0 Å². The third-order valence-electron chi connectivity index (χ3n) is 2.74. The first kappa shape index (κ1) is 11.7. The van der Waals surface area contributed by atoms with Gasteiger partial charge < -0.3 is 10.0 Å². The summed E-state index contributed by atoms with van der Waals surface area (Å²) in [6.07, 6.45) is 4.65. The number of hydrogen-bond acceptors (Lipinski definition) is 4. The Morgan fingerprint density at radius 2 is 1.88 bits per heavy atom. The van der Waals surface area contributed by atoms with Gasteiger partial charge in [0, 0.05) is 13.1 Å². The lowest BCUT2D eigenvalue weighted by molar-refractivity contribution is 0.446. The predicted octanol–water partition coefficient (Wildman–Crippen LogP) is 1.46. The molecule has 0 atom stereocenters. The largest absolute Gasteiger partial charge is 0.492 e. The van der Waals surface area contributed by atoms with E-state index in [1.807, 2.05) is 4.90 Å². The minimum absolute atomic E-state index is 0.177. The van der Waals surface area contributed by atoms with Crippen LogP contribution < -0.4 is 10.5 Å². The third-order valence-corrected chi connectivity index (χ3v) is 3.71. The molecule has 88 valence electrons. The van der Waals surface area contributed by atoms with E-state index < -0.39 is 0 Å². The minimum atomic E-state index is -0.271. The van der Waals surface area contributed by atoms with Crippen molar-refractivity contribution >= 4 is 28.5 Å². The van der Waals surface area contributed by atoms with E-state index >= 15 is 0 Å². The Morgan fingerprint density at radius 1 is 1.25 bits per heavy atom. The van der Waals surface area contributed by atoms with Crippen molar-refractivity contribution in [3.05, 3.63) is 13.9 Å². The number of H-pyrrole nitrogens is 1. The molecular formula is C10H14IN3O2. The summed E-state index contributed by atoms with van der Waals surface area (Å²) >= 11 is 1.79. The standard InChI is InChI=1S/C10H14IN3O2/c11-7-8(15)12-10(13-9(7)16)14-5-3-1-2-4-6-14/h1-6H2,(H2,12,13,15,16). The van der Waals surface area contributed by atoms with E-state index in [2.05, 4.69) is 9.97 Å². The Hall–Kier alpha value is -0.790. The maximum absolute atomic E-state index is 11.5. The highest BCUT2D eigenvalue weighted by atomic mass is 127. The second-order valence-corrected chi connectivity index (χ2v) is 5.01. The molecule has 0 bridgehead atoms. The smallest absolute Gasteiger partial charge is 0.269 e. The van der Waals surface area contributed by atoms with Crippen molar-refractivity contribution in [3.63, 3.8) is 0 Å². The normalized spacial score (nSPS) is 17.2. The van der Waals surface area contributed by atoms with Crippen molar-refractivity contribution in [3.8, 4) is 5.88 Å². The van der Waals surface area contributed by atoms with Crippen molar-refractivity contribution in [2.45, 2.75) is 25.7 Å². The summed E-state index contributed by atoms with van der Waals surface area (Å²) in [5.74, 6) is 0.313. The maximum Gasteiger partial charge on any atom is 0.269 e. The Labute approximate surface area is 107 Å². The van der Waals surface area contributed by atoms with Gasteiger partial charge in [0.05, 0.1) is 0 Å².